The Balaban J connectivity index is 1.72. The summed E-state index contributed by atoms with van der Waals surface area (Å²) in [5.74, 6) is -1.58. The summed E-state index contributed by atoms with van der Waals surface area (Å²) in [4.78, 5) is 12.0. The summed E-state index contributed by atoms with van der Waals surface area (Å²) in [6.07, 6.45) is -4.46. The van der Waals surface area contributed by atoms with Crippen LogP contribution < -0.4 is 5.32 Å². The number of aromatic nitrogens is 2. The highest BCUT2D eigenvalue weighted by atomic mass is 19.4. The number of alkyl halides is 3. The molecule has 5 nitrogen and oxygen atoms in total. The Hall–Kier alpha value is -3.23. The van der Waals surface area contributed by atoms with Crippen molar-refractivity contribution >= 4 is 11.6 Å². The van der Waals surface area contributed by atoms with Crippen LogP contribution in [0.1, 0.15) is 16.2 Å². The van der Waals surface area contributed by atoms with Gasteiger partial charge in [0.1, 0.15) is 5.82 Å². The molecule has 25 heavy (non-hydrogen) atoms. The Labute approximate surface area is 138 Å². The molecule has 0 aliphatic rings. The minimum absolute atomic E-state index is 0.0116. The van der Waals surface area contributed by atoms with E-state index in [-0.39, 0.29) is 17.5 Å². The molecular weight excluding hydrogens is 342 g/mol. The third kappa shape index (κ3) is 3.82. The molecule has 128 valence electrons. The molecule has 0 bridgehead atoms. The topological polar surface area (TPSA) is 68.0 Å². The smallest absolute Gasteiger partial charge is 0.412 e. The number of nitrogens with zero attached hydrogens (tertiary/aromatic N) is 2. The standard InChI is InChI=1S/C16H9F4N3O2/c17-11-5-1-9(2-6-11)14-22-23-15(25-14)13(24)21-12-7-3-10(4-8-12)16(18,19)20/h1-8H,(H,21,24). The Kier molecular flexibility index (Phi) is 4.22. The van der Waals surface area contributed by atoms with E-state index in [1.165, 1.54) is 24.3 Å². The van der Waals surface area contributed by atoms with Crippen LogP contribution in [0.15, 0.2) is 52.9 Å². The van der Waals surface area contributed by atoms with Crippen LogP contribution in [-0.2, 0) is 6.18 Å². The first-order valence-corrected chi connectivity index (χ1v) is 6.91. The third-order valence-corrected chi connectivity index (χ3v) is 3.18. The largest absolute Gasteiger partial charge is 0.416 e. The van der Waals surface area contributed by atoms with E-state index in [0.717, 1.165) is 24.3 Å². The molecule has 0 saturated heterocycles. The summed E-state index contributed by atoms with van der Waals surface area (Å²) in [5.41, 5.74) is -0.274. The van der Waals surface area contributed by atoms with Crippen molar-refractivity contribution in [2.45, 2.75) is 6.18 Å². The fourth-order valence-corrected chi connectivity index (χ4v) is 1.95. The predicted octanol–water partition coefficient (Wildman–Crippen LogP) is 4.15. The van der Waals surface area contributed by atoms with Crippen LogP contribution in [0.5, 0.6) is 0 Å². The number of nitrogens with one attached hydrogen (secondary N) is 1. The van der Waals surface area contributed by atoms with Crippen molar-refractivity contribution in [3.05, 3.63) is 65.8 Å². The Bertz CT molecular complexity index is 887. The number of benzene rings is 2. The molecule has 1 amide bonds. The van der Waals surface area contributed by atoms with Gasteiger partial charge in [0.2, 0.25) is 5.89 Å². The van der Waals surface area contributed by atoms with Gasteiger partial charge < -0.3 is 9.73 Å². The van der Waals surface area contributed by atoms with E-state index in [0.29, 0.717) is 5.56 Å². The highest BCUT2D eigenvalue weighted by molar-refractivity contribution is 6.00. The van der Waals surface area contributed by atoms with Crippen molar-refractivity contribution in [1.29, 1.82) is 0 Å². The van der Waals surface area contributed by atoms with Crippen molar-refractivity contribution < 1.29 is 26.8 Å². The second kappa shape index (κ2) is 6.34. The van der Waals surface area contributed by atoms with Crippen LogP contribution in [0.2, 0.25) is 0 Å². The van der Waals surface area contributed by atoms with Gasteiger partial charge in [0.05, 0.1) is 5.56 Å². The molecule has 2 aromatic carbocycles. The zero-order valence-electron chi connectivity index (χ0n) is 12.3. The lowest BCUT2D eigenvalue weighted by molar-refractivity contribution is -0.137. The summed E-state index contributed by atoms with van der Waals surface area (Å²) in [6, 6.07) is 9.10. The van der Waals surface area contributed by atoms with E-state index in [4.69, 9.17) is 4.42 Å². The molecule has 0 atom stereocenters. The van der Waals surface area contributed by atoms with Crippen LogP contribution in [0, 0.1) is 5.82 Å². The van der Waals surface area contributed by atoms with Gasteiger partial charge in [0.25, 0.3) is 0 Å². The van der Waals surface area contributed by atoms with Crippen molar-refractivity contribution in [2.24, 2.45) is 0 Å². The summed E-state index contributed by atoms with van der Waals surface area (Å²) in [5, 5.41) is 9.59. The van der Waals surface area contributed by atoms with E-state index in [2.05, 4.69) is 15.5 Å². The van der Waals surface area contributed by atoms with Crippen LogP contribution in [0.4, 0.5) is 23.2 Å². The van der Waals surface area contributed by atoms with E-state index >= 15 is 0 Å². The number of rotatable bonds is 3. The molecule has 0 unspecified atom stereocenters. The monoisotopic (exact) mass is 351 g/mol. The third-order valence-electron chi connectivity index (χ3n) is 3.18. The molecule has 1 N–H and O–H groups in total. The number of amides is 1. The predicted molar refractivity (Wildman–Crippen MR) is 79.1 cm³/mol. The Morgan fingerprint density at radius 1 is 0.960 bits per heavy atom. The van der Waals surface area contributed by atoms with Crippen molar-refractivity contribution in [3.8, 4) is 11.5 Å². The summed E-state index contributed by atoms with van der Waals surface area (Å²) in [6.45, 7) is 0. The molecule has 0 fully saturated rings. The van der Waals surface area contributed by atoms with E-state index in [1.807, 2.05) is 0 Å². The molecule has 0 aliphatic carbocycles. The maximum Gasteiger partial charge on any atom is 0.416 e. The molecule has 9 heteroatoms. The molecule has 0 saturated carbocycles. The number of anilines is 1. The maximum atomic E-state index is 12.9. The fraction of sp³-hybridized carbons (Fsp3) is 0.0625. The first-order chi connectivity index (χ1) is 11.8. The van der Waals surface area contributed by atoms with Gasteiger partial charge in [-0.2, -0.15) is 13.2 Å². The lowest BCUT2D eigenvalue weighted by atomic mass is 10.2. The lowest BCUT2D eigenvalue weighted by Crippen LogP contribution is -2.12. The average Bonchev–Trinajstić information content (AvgIpc) is 3.05. The summed E-state index contributed by atoms with van der Waals surface area (Å²) < 4.78 is 55.5. The first-order valence-electron chi connectivity index (χ1n) is 6.91. The van der Waals surface area contributed by atoms with Gasteiger partial charge in [0, 0.05) is 11.3 Å². The summed E-state index contributed by atoms with van der Waals surface area (Å²) in [7, 11) is 0. The molecule has 1 heterocycles. The van der Waals surface area contributed by atoms with Gasteiger partial charge in [-0.25, -0.2) is 4.39 Å². The molecule has 3 aromatic rings. The minimum Gasteiger partial charge on any atom is -0.412 e. The van der Waals surface area contributed by atoms with Gasteiger partial charge in [-0.1, -0.05) is 0 Å². The quantitative estimate of drug-likeness (QED) is 0.720. The highest BCUT2D eigenvalue weighted by Gasteiger charge is 2.30. The van der Waals surface area contributed by atoms with Gasteiger partial charge >= 0.3 is 18.0 Å². The van der Waals surface area contributed by atoms with Crippen molar-refractivity contribution in [3.63, 3.8) is 0 Å². The average molecular weight is 351 g/mol. The number of hydrogen-bond acceptors (Lipinski definition) is 4. The first kappa shape index (κ1) is 16.6. The normalized spacial score (nSPS) is 11.4. The van der Waals surface area contributed by atoms with E-state index < -0.39 is 23.5 Å². The Morgan fingerprint density at radius 2 is 1.60 bits per heavy atom. The van der Waals surface area contributed by atoms with Gasteiger partial charge in [-0.05, 0) is 48.5 Å². The molecule has 0 spiro atoms. The maximum absolute atomic E-state index is 12.9. The Morgan fingerprint density at radius 3 is 2.20 bits per heavy atom. The zero-order valence-corrected chi connectivity index (χ0v) is 12.3. The molecule has 3 rings (SSSR count). The van der Waals surface area contributed by atoms with Crippen LogP contribution in [-0.4, -0.2) is 16.1 Å². The number of carbonyl (C=O) groups excluding carboxylic acids is 1. The van der Waals surface area contributed by atoms with Crippen LogP contribution in [0.3, 0.4) is 0 Å². The second-order valence-electron chi connectivity index (χ2n) is 4.95. The van der Waals surface area contributed by atoms with Gasteiger partial charge in [0.15, 0.2) is 0 Å². The minimum atomic E-state index is -4.46. The van der Waals surface area contributed by atoms with E-state index in [9.17, 15) is 22.4 Å². The van der Waals surface area contributed by atoms with E-state index in [1.54, 1.807) is 0 Å². The SMILES string of the molecule is O=C(Nc1ccc(C(F)(F)F)cc1)c1nnc(-c2ccc(F)cc2)o1. The highest BCUT2D eigenvalue weighted by Crippen LogP contribution is 2.29. The lowest BCUT2D eigenvalue weighted by Gasteiger charge is -2.07. The number of halogens is 4. The van der Waals surface area contributed by atoms with Gasteiger partial charge in [-0.3, -0.25) is 4.79 Å². The number of hydrogen-bond donors (Lipinski definition) is 1. The van der Waals surface area contributed by atoms with Gasteiger partial charge in [-0.15, -0.1) is 10.2 Å². The molecule has 0 aliphatic heterocycles. The molecule has 1 aromatic heterocycles. The fourth-order valence-electron chi connectivity index (χ4n) is 1.95. The summed E-state index contributed by atoms with van der Waals surface area (Å²) >= 11 is 0. The molecule has 0 radical (unpaired) electrons. The number of carbonyl (C=O) groups is 1. The molecular formula is C16H9F4N3O2. The van der Waals surface area contributed by atoms with Crippen molar-refractivity contribution in [2.75, 3.05) is 5.32 Å². The van der Waals surface area contributed by atoms with Crippen LogP contribution >= 0.6 is 0 Å². The van der Waals surface area contributed by atoms with Crippen molar-refractivity contribution in [1.82, 2.24) is 10.2 Å². The zero-order chi connectivity index (χ0) is 18.0. The van der Waals surface area contributed by atoms with Crippen LogP contribution in [0.25, 0.3) is 11.5 Å². The second-order valence-corrected chi connectivity index (χ2v) is 4.95.